The van der Waals surface area contributed by atoms with Crippen LogP contribution >= 0.6 is 0 Å². The second-order valence-electron chi connectivity index (χ2n) is 5.58. The third-order valence-corrected chi connectivity index (χ3v) is 3.17. The SMILES string of the molecule is Cc1cc(C)cc(OCC(=O)OCC(=O)NC(=O)NCc2ccco2)c1. The molecule has 0 aliphatic rings. The van der Waals surface area contributed by atoms with Crippen LogP contribution in [0.25, 0.3) is 0 Å². The fraction of sp³-hybridized carbons (Fsp3) is 0.278. The summed E-state index contributed by atoms with van der Waals surface area (Å²) in [5, 5.41) is 4.47. The second kappa shape index (κ2) is 9.26. The van der Waals surface area contributed by atoms with E-state index in [0.29, 0.717) is 11.5 Å². The zero-order valence-corrected chi connectivity index (χ0v) is 14.5. The van der Waals surface area contributed by atoms with Gasteiger partial charge < -0.3 is 19.2 Å². The fourth-order valence-corrected chi connectivity index (χ4v) is 2.13. The summed E-state index contributed by atoms with van der Waals surface area (Å²) in [5.41, 5.74) is 2.02. The summed E-state index contributed by atoms with van der Waals surface area (Å²) in [6.45, 7) is 3.05. The van der Waals surface area contributed by atoms with Crippen molar-refractivity contribution in [2.75, 3.05) is 13.2 Å². The van der Waals surface area contributed by atoms with Gasteiger partial charge in [-0.1, -0.05) is 6.07 Å². The Morgan fingerprint density at radius 2 is 1.81 bits per heavy atom. The molecule has 0 saturated carbocycles. The van der Waals surface area contributed by atoms with E-state index in [9.17, 15) is 14.4 Å². The molecular weight excluding hydrogens is 340 g/mol. The van der Waals surface area contributed by atoms with Crippen molar-refractivity contribution < 1.29 is 28.3 Å². The van der Waals surface area contributed by atoms with Crippen molar-refractivity contribution in [3.05, 3.63) is 53.5 Å². The number of benzene rings is 1. The van der Waals surface area contributed by atoms with Crippen LogP contribution in [-0.4, -0.2) is 31.1 Å². The van der Waals surface area contributed by atoms with E-state index in [2.05, 4.69) is 5.32 Å². The van der Waals surface area contributed by atoms with Crippen LogP contribution < -0.4 is 15.4 Å². The maximum Gasteiger partial charge on any atom is 0.344 e. The molecule has 2 N–H and O–H groups in total. The minimum Gasteiger partial charge on any atom is -0.482 e. The van der Waals surface area contributed by atoms with Gasteiger partial charge in [0.05, 0.1) is 12.8 Å². The molecule has 2 rings (SSSR count). The highest BCUT2D eigenvalue weighted by molar-refractivity contribution is 5.95. The lowest BCUT2D eigenvalue weighted by molar-refractivity contribution is -0.150. The number of furan rings is 1. The Bertz CT molecular complexity index is 750. The molecule has 2 aromatic rings. The third kappa shape index (κ3) is 6.68. The number of ether oxygens (including phenoxy) is 2. The second-order valence-corrected chi connectivity index (χ2v) is 5.58. The average molecular weight is 360 g/mol. The standard InChI is InChI=1S/C18H20N2O6/c1-12-6-13(2)8-15(7-12)25-11-17(22)26-10-16(21)20-18(23)19-9-14-4-3-5-24-14/h3-8H,9-11H2,1-2H3,(H2,19,20,21,23). The quantitative estimate of drug-likeness (QED) is 0.730. The summed E-state index contributed by atoms with van der Waals surface area (Å²) in [6.07, 6.45) is 1.47. The Labute approximate surface area is 150 Å². The predicted molar refractivity (Wildman–Crippen MR) is 91.5 cm³/mol. The van der Waals surface area contributed by atoms with Crippen molar-refractivity contribution in [2.45, 2.75) is 20.4 Å². The van der Waals surface area contributed by atoms with Gasteiger partial charge in [0.25, 0.3) is 5.91 Å². The highest BCUT2D eigenvalue weighted by Crippen LogP contribution is 2.16. The van der Waals surface area contributed by atoms with E-state index >= 15 is 0 Å². The minimum atomic E-state index is -0.748. The maximum atomic E-state index is 11.6. The lowest BCUT2D eigenvalue weighted by Crippen LogP contribution is -2.41. The van der Waals surface area contributed by atoms with Crippen molar-refractivity contribution >= 4 is 17.9 Å². The Kier molecular flexibility index (Phi) is 6.78. The van der Waals surface area contributed by atoms with Gasteiger partial charge in [-0.2, -0.15) is 0 Å². The molecule has 0 bridgehead atoms. The van der Waals surface area contributed by atoms with Gasteiger partial charge in [-0.3, -0.25) is 10.1 Å². The molecular formula is C18H20N2O6. The molecule has 26 heavy (non-hydrogen) atoms. The molecule has 0 atom stereocenters. The first-order valence-corrected chi connectivity index (χ1v) is 7.89. The van der Waals surface area contributed by atoms with Gasteiger partial charge >= 0.3 is 12.0 Å². The van der Waals surface area contributed by atoms with E-state index in [0.717, 1.165) is 11.1 Å². The van der Waals surface area contributed by atoms with Crippen molar-refractivity contribution in [3.63, 3.8) is 0 Å². The lowest BCUT2D eigenvalue weighted by atomic mass is 10.1. The number of hydrogen-bond donors (Lipinski definition) is 2. The summed E-state index contributed by atoms with van der Waals surface area (Å²) in [7, 11) is 0. The Balaban J connectivity index is 1.64. The lowest BCUT2D eigenvalue weighted by Gasteiger charge is -2.09. The van der Waals surface area contributed by atoms with Gasteiger partial charge in [-0.05, 0) is 49.2 Å². The summed E-state index contributed by atoms with van der Waals surface area (Å²) >= 11 is 0. The van der Waals surface area contributed by atoms with Crippen molar-refractivity contribution in [1.29, 1.82) is 0 Å². The molecule has 8 heteroatoms. The van der Waals surface area contributed by atoms with Crippen LogP contribution in [0.15, 0.2) is 41.0 Å². The largest absolute Gasteiger partial charge is 0.482 e. The van der Waals surface area contributed by atoms with Crippen LogP contribution in [0.3, 0.4) is 0 Å². The zero-order valence-electron chi connectivity index (χ0n) is 14.5. The monoisotopic (exact) mass is 360 g/mol. The Morgan fingerprint density at radius 1 is 1.08 bits per heavy atom. The van der Waals surface area contributed by atoms with Gasteiger partial charge in [-0.25, -0.2) is 9.59 Å². The molecule has 1 aromatic heterocycles. The molecule has 0 unspecified atom stereocenters. The van der Waals surface area contributed by atoms with Crippen LogP contribution in [-0.2, 0) is 20.9 Å². The molecule has 8 nitrogen and oxygen atoms in total. The zero-order chi connectivity index (χ0) is 18.9. The van der Waals surface area contributed by atoms with Crippen LogP contribution in [0.4, 0.5) is 4.79 Å². The van der Waals surface area contributed by atoms with Gasteiger partial charge in [-0.15, -0.1) is 0 Å². The number of hydrogen-bond acceptors (Lipinski definition) is 6. The molecule has 0 fully saturated rings. The molecule has 0 radical (unpaired) electrons. The Hall–Kier alpha value is -3.29. The van der Waals surface area contributed by atoms with Crippen LogP contribution in [0.2, 0.25) is 0 Å². The van der Waals surface area contributed by atoms with Crippen LogP contribution in [0.5, 0.6) is 5.75 Å². The molecule has 3 amide bonds. The molecule has 0 spiro atoms. The van der Waals surface area contributed by atoms with Crippen LogP contribution in [0.1, 0.15) is 16.9 Å². The number of carbonyl (C=O) groups excluding carboxylic acids is 3. The fourth-order valence-electron chi connectivity index (χ4n) is 2.13. The van der Waals surface area contributed by atoms with E-state index in [4.69, 9.17) is 13.9 Å². The number of amides is 3. The van der Waals surface area contributed by atoms with E-state index in [-0.39, 0.29) is 13.2 Å². The van der Waals surface area contributed by atoms with Crippen molar-refractivity contribution in [2.24, 2.45) is 0 Å². The predicted octanol–water partition coefficient (Wildman–Crippen LogP) is 1.84. The number of urea groups is 1. The molecule has 1 aromatic carbocycles. The van der Waals surface area contributed by atoms with Gasteiger partial charge in [0.15, 0.2) is 13.2 Å². The smallest absolute Gasteiger partial charge is 0.344 e. The van der Waals surface area contributed by atoms with Gasteiger partial charge in [0.1, 0.15) is 11.5 Å². The topological polar surface area (TPSA) is 107 Å². The van der Waals surface area contributed by atoms with E-state index < -0.39 is 24.5 Å². The molecule has 138 valence electrons. The van der Waals surface area contributed by atoms with Gasteiger partial charge in [0.2, 0.25) is 0 Å². The highest BCUT2D eigenvalue weighted by Gasteiger charge is 2.12. The van der Waals surface area contributed by atoms with E-state index in [1.165, 1.54) is 6.26 Å². The number of nitrogens with one attached hydrogen (secondary N) is 2. The molecule has 0 saturated heterocycles. The molecule has 1 heterocycles. The number of esters is 1. The Morgan fingerprint density at radius 3 is 2.46 bits per heavy atom. The molecule has 0 aliphatic heterocycles. The summed E-state index contributed by atoms with van der Waals surface area (Å²) < 4.78 is 15.1. The van der Waals surface area contributed by atoms with E-state index in [1.54, 1.807) is 24.3 Å². The number of carbonyl (C=O) groups is 3. The third-order valence-electron chi connectivity index (χ3n) is 3.17. The summed E-state index contributed by atoms with van der Waals surface area (Å²) in [5.74, 6) is -0.374. The van der Waals surface area contributed by atoms with Gasteiger partial charge in [0, 0.05) is 0 Å². The average Bonchev–Trinajstić information content (AvgIpc) is 3.09. The minimum absolute atomic E-state index is 0.135. The van der Waals surface area contributed by atoms with E-state index in [1.807, 2.05) is 25.2 Å². The summed E-state index contributed by atoms with van der Waals surface area (Å²) in [6, 6.07) is 8.20. The van der Waals surface area contributed by atoms with Crippen LogP contribution in [0, 0.1) is 13.8 Å². The molecule has 0 aliphatic carbocycles. The number of aryl methyl sites for hydroxylation is 2. The maximum absolute atomic E-state index is 11.6. The highest BCUT2D eigenvalue weighted by atomic mass is 16.6. The first-order chi connectivity index (χ1) is 12.4. The normalized spacial score (nSPS) is 10.1. The number of imide groups is 1. The first kappa shape index (κ1) is 19.0. The summed E-state index contributed by atoms with van der Waals surface area (Å²) in [4.78, 5) is 34.7. The van der Waals surface area contributed by atoms with Crippen molar-refractivity contribution in [3.8, 4) is 5.75 Å². The van der Waals surface area contributed by atoms with Crippen molar-refractivity contribution in [1.82, 2.24) is 10.6 Å². The first-order valence-electron chi connectivity index (χ1n) is 7.89. The number of rotatable bonds is 7.